The first kappa shape index (κ1) is 15.4. The first-order chi connectivity index (χ1) is 13.5. The molecule has 1 aromatic carbocycles. The Labute approximate surface area is 161 Å². The lowest BCUT2D eigenvalue weighted by Gasteiger charge is -2.11. The normalized spacial score (nSPS) is 16.9. The van der Waals surface area contributed by atoms with Crippen molar-refractivity contribution in [1.29, 1.82) is 0 Å². The number of hydrogen-bond donors (Lipinski definition) is 0. The van der Waals surface area contributed by atoms with E-state index in [1.54, 1.807) is 0 Å². The zero-order valence-corrected chi connectivity index (χ0v) is 16.2. The highest BCUT2D eigenvalue weighted by atomic mass is 16.3. The lowest BCUT2D eigenvalue weighted by atomic mass is 9.94. The van der Waals surface area contributed by atoms with Gasteiger partial charge in [-0.2, -0.15) is 0 Å². The van der Waals surface area contributed by atoms with Crippen LogP contribution in [-0.4, -0.2) is 4.98 Å². The molecule has 1 aliphatic rings. The van der Waals surface area contributed by atoms with Gasteiger partial charge in [-0.25, -0.2) is 9.55 Å². The van der Waals surface area contributed by atoms with E-state index in [1.165, 1.54) is 5.56 Å². The molecule has 0 spiro atoms. The van der Waals surface area contributed by atoms with Crippen LogP contribution >= 0.6 is 0 Å². The summed E-state index contributed by atoms with van der Waals surface area (Å²) in [6.07, 6.45) is 6.25. The molecule has 3 nitrogen and oxygen atoms in total. The maximum absolute atomic E-state index is 8.94. The maximum atomic E-state index is 8.94. The number of furan rings is 1. The minimum absolute atomic E-state index is 0.461. The summed E-state index contributed by atoms with van der Waals surface area (Å²) >= 11 is 0. The number of rotatable bonds is 2. The van der Waals surface area contributed by atoms with Gasteiger partial charge in [0.05, 0.1) is 5.56 Å². The summed E-state index contributed by atoms with van der Waals surface area (Å²) in [5, 5.41) is 2.14. The van der Waals surface area contributed by atoms with Crippen molar-refractivity contribution in [3.05, 3.63) is 59.4 Å². The van der Waals surface area contributed by atoms with Gasteiger partial charge in [-0.05, 0) is 55.8 Å². The van der Waals surface area contributed by atoms with E-state index >= 15 is 0 Å². The second-order valence-corrected chi connectivity index (χ2v) is 7.76. The smallest absolute Gasteiger partial charge is 0.227 e. The Morgan fingerprint density at radius 2 is 1.85 bits per heavy atom. The van der Waals surface area contributed by atoms with Gasteiger partial charge >= 0.3 is 0 Å². The van der Waals surface area contributed by atoms with Crippen molar-refractivity contribution >= 4 is 22.1 Å². The van der Waals surface area contributed by atoms with E-state index in [-0.39, 0.29) is 0 Å². The molecule has 5 rings (SSSR count). The Hall–Kier alpha value is -2.68. The third-order valence-electron chi connectivity index (χ3n) is 5.88. The van der Waals surface area contributed by atoms with Gasteiger partial charge in [-0.15, -0.1) is 0 Å². The van der Waals surface area contributed by atoms with Gasteiger partial charge in [0.1, 0.15) is 7.05 Å². The fourth-order valence-electron chi connectivity index (χ4n) is 4.36. The highest BCUT2D eigenvalue weighted by Gasteiger charge is 2.24. The molecule has 136 valence electrons. The predicted molar refractivity (Wildman–Crippen MR) is 109 cm³/mol. The van der Waals surface area contributed by atoms with E-state index in [4.69, 9.17) is 5.79 Å². The summed E-state index contributed by atoms with van der Waals surface area (Å²) < 4.78 is 17.3. The quantitative estimate of drug-likeness (QED) is 0.427. The molecule has 1 fully saturated rings. The molecular weight excluding hydrogens is 332 g/mol. The highest BCUT2D eigenvalue weighted by molar-refractivity contribution is 6.08. The van der Waals surface area contributed by atoms with E-state index in [9.17, 15) is 0 Å². The number of aromatic nitrogens is 2. The molecule has 4 aromatic rings. The summed E-state index contributed by atoms with van der Waals surface area (Å²) in [5.41, 5.74) is 6.99. The number of hydrogen-bond acceptors (Lipinski definition) is 2. The second kappa shape index (κ2) is 6.19. The van der Waals surface area contributed by atoms with E-state index in [1.807, 2.05) is 13.0 Å². The van der Waals surface area contributed by atoms with Crippen LogP contribution in [0.2, 0.25) is 0 Å². The first-order valence-electron chi connectivity index (χ1n) is 10.3. The molecule has 0 radical (unpaired) electrons. The number of nitrogens with zero attached hydrogens (tertiary/aromatic N) is 2. The third-order valence-corrected chi connectivity index (χ3v) is 5.88. The molecule has 3 heterocycles. The highest BCUT2D eigenvalue weighted by Crippen LogP contribution is 2.39. The number of benzene rings is 1. The minimum Gasteiger partial charge on any atom is -0.437 e. The van der Waals surface area contributed by atoms with Crippen LogP contribution in [0.5, 0.6) is 0 Å². The number of fused-ring (bicyclic) bond motifs is 3. The molecule has 3 heteroatoms. The Balaban J connectivity index is 1.79. The molecule has 0 amide bonds. The van der Waals surface area contributed by atoms with Crippen molar-refractivity contribution in [2.45, 2.75) is 45.4 Å². The SMILES string of the molecule is [2H]C1(c2cc[n+](C)c(-c3c(C)ccc4c3oc3nc(C)ccc34)c2)CCCC1. The van der Waals surface area contributed by atoms with Crippen LogP contribution in [0, 0.1) is 13.8 Å². The lowest BCUT2D eigenvalue weighted by Crippen LogP contribution is -2.31. The molecule has 0 unspecified atom stereocenters. The Kier molecular flexibility index (Phi) is 3.53. The van der Waals surface area contributed by atoms with E-state index < -0.39 is 5.89 Å². The number of pyridine rings is 2. The predicted octanol–water partition coefficient (Wildman–Crippen LogP) is 5.75. The topological polar surface area (TPSA) is 29.9 Å². The van der Waals surface area contributed by atoms with Gasteiger partial charge in [-0.3, -0.25) is 0 Å². The van der Waals surface area contributed by atoms with Gasteiger partial charge in [0, 0.05) is 30.0 Å². The maximum Gasteiger partial charge on any atom is 0.227 e. The van der Waals surface area contributed by atoms with Gasteiger partial charge < -0.3 is 4.42 Å². The van der Waals surface area contributed by atoms with Crippen LogP contribution in [0.3, 0.4) is 0 Å². The first-order valence-corrected chi connectivity index (χ1v) is 9.76. The van der Waals surface area contributed by atoms with Crippen molar-refractivity contribution in [3.63, 3.8) is 0 Å². The second-order valence-electron chi connectivity index (χ2n) is 7.76. The van der Waals surface area contributed by atoms with Crippen LogP contribution in [0.25, 0.3) is 33.3 Å². The minimum atomic E-state index is -0.461. The molecule has 1 aliphatic carbocycles. The zero-order valence-electron chi connectivity index (χ0n) is 17.2. The monoisotopic (exact) mass is 358 g/mol. The Bertz CT molecular complexity index is 1220. The molecule has 0 bridgehead atoms. The Morgan fingerprint density at radius 1 is 1.07 bits per heavy atom. The fraction of sp³-hybridized carbons (Fsp3) is 0.333. The van der Waals surface area contributed by atoms with Crippen molar-refractivity contribution < 1.29 is 10.4 Å². The average Bonchev–Trinajstić information content (AvgIpc) is 3.26. The summed E-state index contributed by atoms with van der Waals surface area (Å²) in [7, 11) is 2.06. The molecule has 0 saturated heterocycles. The zero-order chi connectivity index (χ0) is 19.5. The van der Waals surface area contributed by atoms with Gasteiger partial charge in [0.25, 0.3) is 0 Å². The lowest BCUT2D eigenvalue weighted by molar-refractivity contribution is -0.660. The Morgan fingerprint density at radius 3 is 2.67 bits per heavy atom. The van der Waals surface area contributed by atoms with Crippen LogP contribution in [-0.2, 0) is 7.05 Å². The third kappa shape index (κ3) is 2.64. The van der Waals surface area contributed by atoms with Crippen LogP contribution < -0.4 is 4.57 Å². The average molecular weight is 358 g/mol. The summed E-state index contributed by atoms with van der Waals surface area (Å²) in [5.74, 6) is -0.461. The fourth-order valence-corrected chi connectivity index (χ4v) is 4.36. The van der Waals surface area contributed by atoms with Crippen LogP contribution in [0.1, 0.15) is 49.8 Å². The molecule has 0 atom stereocenters. The summed E-state index contributed by atoms with van der Waals surface area (Å²) in [4.78, 5) is 4.59. The van der Waals surface area contributed by atoms with E-state index in [0.29, 0.717) is 5.71 Å². The van der Waals surface area contributed by atoms with Crippen molar-refractivity contribution in [1.82, 2.24) is 4.98 Å². The van der Waals surface area contributed by atoms with Crippen molar-refractivity contribution in [2.24, 2.45) is 7.05 Å². The summed E-state index contributed by atoms with van der Waals surface area (Å²) in [6.45, 7) is 4.11. The molecule has 27 heavy (non-hydrogen) atoms. The molecular formula is C24H25N2O+. The van der Waals surface area contributed by atoms with Crippen LogP contribution in [0.15, 0.2) is 47.0 Å². The van der Waals surface area contributed by atoms with Crippen molar-refractivity contribution in [2.75, 3.05) is 0 Å². The summed E-state index contributed by atoms with van der Waals surface area (Å²) in [6, 6.07) is 12.7. The van der Waals surface area contributed by atoms with Gasteiger partial charge in [-0.1, -0.05) is 25.0 Å². The van der Waals surface area contributed by atoms with E-state index in [2.05, 4.69) is 60.1 Å². The largest absolute Gasteiger partial charge is 0.437 e. The van der Waals surface area contributed by atoms with Crippen molar-refractivity contribution in [3.8, 4) is 11.3 Å². The van der Waals surface area contributed by atoms with E-state index in [0.717, 1.165) is 64.6 Å². The van der Waals surface area contributed by atoms with Crippen LogP contribution in [0.4, 0.5) is 0 Å². The molecule has 0 N–H and O–H groups in total. The van der Waals surface area contributed by atoms with Gasteiger partial charge in [0.2, 0.25) is 11.4 Å². The molecule has 1 saturated carbocycles. The van der Waals surface area contributed by atoms with Gasteiger partial charge in [0.15, 0.2) is 11.8 Å². The standard InChI is InChI=1S/C24H25N2O/c1-15-8-10-19-20-11-9-16(2)25-24(20)27-23(19)22(15)21-14-18(12-13-26(21)3)17-6-4-5-7-17/h8-14,17H,4-7H2,1-3H3/q+1/i17D. The number of aryl methyl sites for hydroxylation is 3. The molecule has 3 aromatic heterocycles. The molecule has 0 aliphatic heterocycles.